The van der Waals surface area contributed by atoms with E-state index in [0.29, 0.717) is 11.3 Å². The highest BCUT2D eigenvalue weighted by molar-refractivity contribution is 5.94. The standard InChI is InChI=1S/C13H18N2O3/c1-8(2)14-7-12(16)15-10-4-5-11(13(17)18)9(3)6-10/h4-6,8,14H,7H2,1-3H3,(H,15,16)(H,17,18). The summed E-state index contributed by atoms with van der Waals surface area (Å²) < 4.78 is 0. The Hall–Kier alpha value is -1.88. The fourth-order valence-corrected chi connectivity index (χ4v) is 1.48. The molecule has 0 saturated carbocycles. The van der Waals surface area contributed by atoms with Gasteiger partial charge < -0.3 is 15.7 Å². The molecule has 0 aliphatic heterocycles. The quantitative estimate of drug-likeness (QED) is 0.742. The van der Waals surface area contributed by atoms with Gasteiger partial charge >= 0.3 is 5.97 Å². The van der Waals surface area contributed by atoms with Crippen LogP contribution in [0.15, 0.2) is 18.2 Å². The highest BCUT2D eigenvalue weighted by Gasteiger charge is 2.08. The maximum atomic E-state index is 11.6. The normalized spacial score (nSPS) is 10.4. The molecule has 5 heteroatoms. The molecule has 1 aromatic carbocycles. The van der Waals surface area contributed by atoms with Gasteiger partial charge in [-0.1, -0.05) is 13.8 Å². The van der Waals surface area contributed by atoms with Gasteiger partial charge in [0.2, 0.25) is 5.91 Å². The lowest BCUT2D eigenvalue weighted by atomic mass is 10.1. The summed E-state index contributed by atoms with van der Waals surface area (Å²) in [5, 5.41) is 14.6. The topological polar surface area (TPSA) is 78.4 Å². The number of hydrogen-bond acceptors (Lipinski definition) is 3. The molecule has 5 nitrogen and oxygen atoms in total. The number of amides is 1. The van der Waals surface area contributed by atoms with Crippen molar-refractivity contribution in [3.8, 4) is 0 Å². The fraction of sp³-hybridized carbons (Fsp3) is 0.385. The zero-order valence-corrected chi connectivity index (χ0v) is 10.8. The number of carboxylic acid groups (broad SMARTS) is 1. The van der Waals surface area contributed by atoms with Gasteiger partial charge in [0.05, 0.1) is 12.1 Å². The molecular weight excluding hydrogens is 232 g/mol. The van der Waals surface area contributed by atoms with E-state index in [2.05, 4.69) is 10.6 Å². The van der Waals surface area contributed by atoms with Crippen LogP contribution in [-0.2, 0) is 4.79 Å². The Balaban J connectivity index is 2.66. The zero-order valence-electron chi connectivity index (χ0n) is 10.8. The van der Waals surface area contributed by atoms with E-state index in [1.165, 1.54) is 6.07 Å². The Morgan fingerprint density at radius 2 is 2.00 bits per heavy atom. The SMILES string of the molecule is Cc1cc(NC(=O)CNC(C)C)ccc1C(=O)O. The summed E-state index contributed by atoms with van der Waals surface area (Å²) in [5.74, 6) is -1.11. The van der Waals surface area contributed by atoms with E-state index < -0.39 is 5.97 Å². The number of carbonyl (C=O) groups excluding carboxylic acids is 1. The number of rotatable bonds is 5. The van der Waals surface area contributed by atoms with Gasteiger partial charge in [-0.3, -0.25) is 4.79 Å². The van der Waals surface area contributed by atoms with Crippen molar-refractivity contribution in [2.24, 2.45) is 0 Å². The van der Waals surface area contributed by atoms with Crippen molar-refractivity contribution in [2.75, 3.05) is 11.9 Å². The molecular formula is C13H18N2O3. The van der Waals surface area contributed by atoms with Gasteiger partial charge in [-0.15, -0.1) is 0 Å². The third kappa shape index (κ3) is 4.18. The molecule has 0 aliphatic rings. The van der Waals surface area contributed by atoms with Crippen LogP contribution in [0.3, 0.4) is 0 Å². The van der Waals surface area contributed by atoms with Crippen LogP contribution in [0.1, 0.15) is 29.8 Å². The summed E-state index contributed by atoms with van der Waals surface area (Å²) in [7, 11) is 0. The summed E-state index contributed by atoms with van der Waals surface area (Å²) in [4.78, 5) is 22.4. The largest absolute Gasteiger partial charge is 0.478 e. The van der Waals surface area contributed by atoms with Crippen molar-refractivity contribution in [3.05, 3.63) is 29.3 Å². The van der Waals surface area contributed by atoms with Crippen molar-refractivity contribution in [1.29, 1.82) is 0 Å². The molecule has 1 amide bonds. The molecule has 98 valence electrons. The van der Waals surface area contributed by atoms with Crippen molar-refractivity contribution in [3.63, 3.8) is 0 Å². The third-order valence-corrected chi connectivity index (χ3v) is 2.41. The van der Waals surface area contributed by atoms with Crippen LogP contribution >= 0.6 is 0 Å². The molecule has 0 spiro atoms. The summed E-state index contributed by atoms with van der Waals surface area (Å²) >= 11 is 0. The Labute approximate surface area is 106 Å². The van der Waals surface area contributed by atoms with Crippen LogP contribution in [0.2, 0.25) is 0 Å². The van der Waals surface area contributed by atoms with Gasteiger partial charge in [-0.2, -0.15) is 0 Å². The molecule has 0 atom stereocenters. The summed E-state index contributed by atoms with van der Waals surface area (Å²) in [6, 6.07) is 4.97. The third-order valence-electron chi connectivity index (χ3n) is 2.41. The number of anilines is 1. The van der Waals surface area contributed by atoms with Gasteiger partial charge in [-0.05, 0) is 30.7 Å². The maximum Gasteiger partial charge on any atom is 0.335 e. The molecule has 1 rings (SSSR count). The fourth-order valence-electron chi connectivity index (χ4n) is 1.48. The molecule has 0 bridgehead atoms. The lowest BCUT2D eigenvalue weighted by Crippen LogP contribution is -2.32. The number of aromatic carboxylic acids is 1. The maximum absolute atomic E-state index is 11.6. The monoisotopic (exact) mass is 250 g/mol. The highest BCUT2D eigenvalue weighted by atomic mass is 16.4. The minimum Gasteiger partial charge on any atom is -0.478 e. The highest BCUT2D eigenvalue weighted by Crippen LogP contribution is 2.15. The van der Waals surface area contributed by atoms with Crippen LogP contribution in [0.5, 0.6) is 0 Å². The van der Waals surface area contributed by atoms with Crippen molar-refractivity contribution in [2.45, 2.75) is 26.8 Å². The molecule has 3 N–H and O–H groups in total. The van der Waals surface area contributed by atoms with E-state index in [9.17, 15) is 9.59 Å². The van der Waals surface area contributed by atoms with Gasteiger partial charge in [-0.25, -0.2) is 4.79 Å². The lowest BCUT2D eigenvalue weighted by Gasteiger charge is -2.10. The van der Waals surface area contributed by atoms with Gasteiger partial charge in [0, 0.05) is 11.7 Å². The molecule has 18 heavy (non-hydrogen) atoms. The van der Waals surface area contributed by atoms with E-state index in [0.717, 1.165) is 0 Å². The second kappa shape index (κ2) is 6.16. The second-order valence-corrected chi connectivity index (χ2v) is 4.42. The van der Waals surface area contributed by atoms with Gasteiger partial charge in [0.25, 0.3) is 0 Å². The molecule has 0 unspecified atom stereocenters. The van der Waals surface area contributed by atoms with Gasteiger partial charge in [0.1, 0.15) is 0 Å². The molecule has 0 heterocycles. The predicted molar refractivity (Wildman–Crippen MR) is 69.9 cm³/mol. The van der Waals surface area contributed by atoms with E-state index in [1.54, 1.807) is 19.1 Å². The molecule has 0 aromatic heterocycles. The Kier molecular flexibility index (Phi) is 4.85. The smallest absolute Gasteiger partial charge is 0.335 e. The van der Waals surface area contributed by atoms with Crippen molar-refractivity contribution in [1.82, 2.24) is 5.32 Å². The number of benzene rings is 1. The number of nitrogens with one attached hydrogen (secondary N) is 2. The lowest BCUT2D eigenvalue weighted by molar-refractivity contribution is -0.115. The van der Waals surface area contributed by atoms with Crippen molar-refractivity contribution >= 4 is 17.6 Å². The number of carbonyl (C=O) groups is 2. The summed E-state index contributed by atoms with van der Waals surface area (Å²) in [5.41, 5.74) is 1.47. The van der Waals surface area contributed by atoms with Crippen LogP contribution in [0, 0.1) is 6.92 Å². The number of carboxylic acids is 1. The predicted octanol–water partition coefficient (Wildman–Crippen LogP) is 1.63. The Morgan fingerprint density at radius 1 is 1.33 bits per heavy atom. The minimum atomic E-state index is -0.966. The molecule has 1 aromatic rings. The Morgan fingerprint density at radius 3 is 2.50 bits per heavy atom. The average molecular weight is 250 g/mol. The second-order valence-electron chi connectivity index (χ2n) is 4.42. The van der Waals surface area contributed by atoms with Gasteiger partial charge in [0.15, 0.2) is 0 Å². The first-order valence-corrected chi connectivity index (χ1v) is 5.77. The average Bonchev–Trinajstić information content (AvgIpc) is 2.26. The minimum absolute atomic E-state index is 0.147. The van der Waals surface area contributed by atoms with Crippen LogP contribution < -0.4 is 10.6 Å². The summed E-state index contributed by atoms with van der Waals surface area (Å²) in [6.45, 7) is 5.85. The number of hydrogen-bond donors (Lipinski definition) is 3. The molecule has 0 aliphatic carbocycles. The van der Waals surface area contributed by atoms with Crippen LogP contribution in [-0.4, -0.2) is 29.6 Å². The first-order chi connectivity index (χ1) is 8.40. The summed E-state index contributed by atoms with van der Waals surface area (Å²) in [6.07, 6.45) is 0. The zero-order chi connectivity index (χ0) is 13.7. The van der Waals surface area contributed by atoms with Crippen LogP contribution in [0.25, 0.3) is 0 Å². The first kappa shape index (κ1) is 14.2. The molecule has 0 radical (unpaired) electrons. The van der Waals surface area contributed by atoms with Crippen molar-refractivity contribution < 1.29 is 14.7 Å². The van der Waals surface area contributed by atoms with E-state index >= 15 is 0 Å². The van der Waals surface area contributed by atoms with E-state index in [4.69, 9.17) is 5.11 Å². The number of aryl methyl sites for hydroxylation is 1. The van der Waals surface area contributed by atoms with E-state index in [1.807, 2.05) is 13.8 Å². The van der Waals surface area contributed by atoms with E-state index in [-0.39, 0.29) is 24.1 Å². The molecule has 0 fully saturated rings. The Bertz CT molecular complexity index is 456. The molecule has 0 saturated heterocycles. The van der Waals surface area contributed by atoms with Crippen LogP contribution in [0.4, 0.5) is 5.69 Å². The first-order valence-electron chi connectivity index (χ1n) is 5.77.